The lowest BCUT2D eigenvalue weighted by atomic mass is 10.1. The molecule has 1 fully saturated rings. The van der Waals surface area contributed by atoms with Gasteiger partial charge in [0.1, 0.15) is 18.3 Å². The summed E-state index contributed by atoms with van der Waals surface area (Å²) < 4.78 is 5.10. The number of hydrogen-bond donors (Lipinski definition) is 2. The van der Waals surface area contributed by atoms with E-state index < -0.39 is 18.1 Å². The summed E-state index contributed by atoms with van der Waals surface area (Å²) in [6, 6.07) is 12.8. The predicted octanol–water partition coefficient (Wildman–Crippen LogP) is 1.26. The number of anilines is 2. The quantitative estimate of drug-likeness (QED) is 0.812. The summed E-state index contributed by atoms with van der Waals surface area (Å²) in [5.74, 6) is -0.408. The van der Waals surface area contributed by atoms with Crippen LogP contribution in [-0.4, -0.2) is 60.1 Å². The number of aliphatic hydroxyl groups excluding tert-OH is 1. The molecular formula is C21H21N3O5. The highest BCUT2D eigenvalue weighted by molar-refractivity contribution is 6.13. The fourth-order valence-electron chi connectivity index (χ4n) is 3.80. The third-order valence-electron chi connectivity index (χ3n) is 5.19. The van der Waals surface area contributed by atoms with Gasteiger partial charge in [-0.2, -0.15) is 0 Å². The SMILES string of the molecule is COc1ccc(NC(=O)CN2C(=O)C3CC(O)CN3C(=O)c3ccccc32)cc1. The Bertz CT molecular complexity index is 959. The van der Waals surface area contributed by atoms with Crippen LogP contribution in [-0.2, 0) is 9.59 Å². The number of benzene rings is 2. The first-order chi connectivity index (χ1) is 14.0. The van der Waals surface area contributed by atoms with Crippen molar-refractivity contribution >= 4 is 29.1 Å². The molecule has 2 aliphatic rings. The lowest BCUT2D eigenvalue weighted by molar-refractivity contribution is -0.124. The molecule has 3 amide bonds. The normalized spacial score (nSPS) is 20.8. The van der Waals surface area contributed by atoms with Gasteiger partial charge in [0.2, 0.25) is 11.8 Å². The van der Waals surface area contributed by atoms with Gasteiger partial charge in [-0.25, -0.2) is 0 Å². The Balaban J connectivity index is 1.60. The van der Waals surface area contributed by atoms with Crippen LogP contribution in [0.4, 0.5) is 11.4 Å². The molecule has 29 heavy (non-hydrogen) atoms. The van der Waals surface area contributed by atoms with E-state index in [-0.39, 0.29) is 31.3 Å². The predicted molar refractivity (Wildman–Crippen MR) is 106 cm³/mol. The summed E-state index contributed by atoms with van der Waals surface area (Å²) in [7, 11) is 1.56. The van der Waals surface area contributed by atoms with Gasteiger partial charge in [0.15, 0.2) is 0 Å². The molecule has 2 aromatic rings. The first-order valence-corrected chi connectivity index (χ1v) is 9.31. The summed E-state index contributed by atoms with van der Waals surface area (Å²) in [6.45, 7) is -0.134. The summed E-state index contributed by atoms with van der Waals surface area (Å²) in [6.07, 6.45) is -0.594. The summed E-state index contributed by atoms with van der Waals surface area (Å²) in [5.41, 5.74) is 1.31. The summed E-state index contributed by atoms with van der Waals surface area (Å²) in [5, 5.41) is 12.7. The monoisotopic (exact) mass is 395 g/mol. The molecule has 150 valence electrons. The fourth-order valence-corrected chi connectivity index (χ4v) is 3.80. The molecule has 0 aromatic heterocycles. The average Bonchev–Trinajstić information content (AvgIpc) is 3.10. The van der Waals surface area contributed by atoms with Crippen LogP contribution in [0.15, 0.2) is 48.5 Å². The number of nitrogens with one attached hydrogen (secondary N) is 1. The number of hydrogen-bond acceptors (Lipinski definition) is 5. The minimum absolute atomic E-state index is 0.107. The van der Waals surface area contributed by atoms with Crippen molar-refractivity contribution in [2.24, 2.45) is 0 Å². The van der Waals surface area contributed by atoms with Crippen molar-refractivity contribution in [1.82, 2.24) is 4.90 Å². The van der Waals surface area contributed by atoms with Gasteiger partial charge in [-0.3, -0.25) is 14.4 Å². The van der Waals surface area contributed by atoms with Gasteiger partial charge in [0.25, 0.3) is 5.91 Å². The molecule has 1 saturated heterocycles. The van der Waals surface area contributed by atoms with E-state index in [1.807, 2.05) is 0 Å². The van der Waals surface area contributed by atoms with Crippen molar-refractivity contribution in [2.75, 3.05) is 30.4 Å². The average molecular weight is 395 g/mol. The molecule has 8 nitrogen and oxygen atoms in total. The number of fused-ring (bicyclic) bond motifs is 2. The highest BCUT2D eigenvalue weighted by Gasteiger charge is 2.45. The molecule has 0 spiro atoms. The lowest BCUT2D eigenvalue weighted by Crippen LogP contribution is -2.47. The van der Waals surface area contributed by atoms with Crippen LogP contribution >= 0.6 is 0 Å². The van der Waals surface area contributed by atoms with Crippen molar-refractivity contribution in [2.45, 2.75) is 18.6 Å². The molecule has 0 bridgehead atoms. The zero-order valence-electron chi connectivity index (χ0n) is 15.9. The second-order valence-corrected chi connectivity index (χ2v) is 7.08. The summed E-state index contributed by atoms with van der Waals surface area (Å²) in [4.78, 5) is 41.5. The number of ether oxygens (including phenoxy) is 1. The zero-order valence-corrected chi connectivity index (χ0v) is 15.9. The van der Waals surface area contributed by atoms with Gasteiger partial charge in [-0.15, -0.1) is 0 Å². The van der Waals surface area contributed by atoms with Gasteiger partial charge in [0, 0.05) is 18.7 Å². The van der Waals surface area contributed by atoms with Crippen LogP contribution in [0.25, 0.3) is 0 Å². The number of para-hydroxylation sites is 1. The molecule has 2 unspecified atom stereocenters. The number of rotatable bonds is 4. The maximum atomic E-state index is 13.2. The molecule has 0 aliphatic carbocycles. The van der Waals surface area contributed by atoms with Gasteiger partial charge in [-0.05, 0) is 36.4 Å². The number of aliphatic hydroxyl groups is 1. The third kappa shape index (κ3) is 3.54. The van der Waals surface area contributed by atoms with Crippen LogP contribution in [0.5, 0.6) is 5.75 Å². The van der Waals surface area contributed by atoms with Crippen LogP contribution in [0, 0.1) is 0 Å². The molecule has 0 radical (unpaired) electrons. The highest BCUT2D eigenvalue weighted by atomic mass is 16.5. The van der Waals surface area contributed by atoms with E-state index in [1.165, 1.54) is 9.80 Å². The van der Waals surface area contributed by atoms with Crippen molar-refractivity contribution in [3.8, 4) is 5.75 Å². The van der Waals surface area contributed by atoms with E-state index in [0.29, 0.717) is 22.7 Å². The molecule has 2 N–H and O–H groups in total. The van der Waals surface area contributed by atoms with E-state index in [2.05, 4.69) is 5.32 Å². The van der Waals surface area contributed by atoms with E-state index in [1.54, 1.807) is 55.6 Å². The maximum Gasteiger partial charge on any atom is 0.256 e. The molecule has 0 saturated carbocycles. The van der Waals surface area contributed by atoms with Gasteiger partial charge in [0.05, 0.1) is 24.5 Å². The number of carbonyl (C=O) groups excluding carboxylic acids is 3. The van der Waals surface area contributed by atoms with Crippen molar-refractivity contribution in [1.29, 1.82) is 0 Å². The maximum absolute atomic E-state index is 13.2. The summed E-state index contributed by atoms with van der Waals surface area (Å²) >= 11 is 0. The largest absolute Gasteiger partial charge is 0.497 e. The first-order valence-electron chi connectivity index (χ1n) is 9.31. The highest BCUT2D eigenvalue weighted by Crippen LogP contribution is 2.32. The van der Waals surface area contributed by atoms with Crippen molar-refractivity contribution < 1.29 is 24.2 Å². The first kappa shape index (κ1) is 18.9. The minimum atomic E-state index is -0.779. The van der Waals surface area contributed by atoms with Crippen LogP contribution in [0.1, 0.15) is 16.8 Å². The standard InChI is InChI=1S/C21H21N3O5/c1-29-15-8-6-13(7-9-15)22-19(26)12-24-17-5-3-2-4-16(17)20(27)23-11-14(25)10-18(23)21(24)28/h2-9,14,18,25H,10-12H2,1H3,(H,22,26). The molecule has 2 aromatic carbocycles. The molecular weight excluding hydrogens is 374 g/mol. The molecule has 2 atom stereocenters. The Morgan fingerprint density at radius 3 is 2.62 bits per heavy atom. The lowest BCUT2D eigenvalue weighted by Gasteiger charge is -2.25. The third-order valence-corrected chi connectivity index (χ3v) is 5.19. The second-order valence-electron chi connectivity index (χ2n) is 7.08. The second kappa shape index (κ2) is 7.56. The van der Waals surface area contributed by atoms with E-state index in [4.69, 9.17) is 4.74 Å². The Morgan fingerprint density at radius 1 is 1.17 bits per heavy atom. The Kier molecular flexibility index (Phi) is 4.94. The number of methoxy groups -OCH3 is 1. The topological polar surface area (TPSA) is 99.2 Å². The van der Waals surface area contributed by atoms with Crippen molar-refractivity contribution in [3.63, 3.8) is 0 Å². The Labute approximate surface area is 167 Å². The van der Waals surface area contributed by atoms with Crippen LogP contribution in [0.2, 0.25) is 0 Å². The number of nitrogens with zero attached hydrogens (tertiary/aromatic N) is 2. The number of amides is 3. The molecule has 2 aliphatic heterocycles. The molecule has 8 heteroatoms. The van der Waals surface area contributed by atoms with Crippen LogP contribution < -0.4 is 15.0 Å². The fraction of sp³-hybridized carbons (Fsp3) is 0.286. The number of carbonyl (C=O) groups is 3. The molecule has 4 rings (SSSR count). The van der Waals surface area contributed by atoms with Crippen molar-refractivity contribution in [3.05, 3.63) is 54.1 Å². The van der Waals surface area contributed by atoms with Crippen LogP contribution in [0.3, 0.4) is 0 Å². The minimum Gasteiger partial charge on any atom is -0.497 e. The Morgan fingerprint density at radius 2 is 1.90 bits per heavy atom. The van der Waals surface area contributed by atoms with Gasteiger partial charge >= 0.3 is 0 Å². The van der Waals surface area contributed by atoms with E-state index in [0.717, 1.165) is 0 Å². The smallest absolute Gasteiger partial charge is 0.256 e. The molecule has 2 heterocycles. The van der Waals surface area contributed by atoms with Gasteiger partial charge in [-0.1, -0.05) is 12.1 Å². The van der Waals surface area contributed by atoms with E-state index >= 15 is 0 Å². The zero-order chi connectivity index (χ0) is 20.5. The van der Waals surface area contributed by atoms with Gasteiger partial charge < -0.3 is 25.0 Å². The van der Waals surface area contributed by atoms with E-state index in [9.17, 15) is 19.5 Å². The Hall–Kier alpha value is -3.39.